The van der Waals surface area contributed by atoms with Crippen LogP contribution in [0.2, 0.25) is 0 Å². The fraction of sp³-hybridized carbons (Fsp3) is 0.368. The van der Waals surface area contributed by atoms with Crippen molar-refractivity contribution >= 4 is 23.1 Å². The van der Waals surface area contributed by atoms with E-state index in [9.17, 15) is 4.79 Å². The van der Waals surface area contributed by atoms with Crippen LogP contribution in [-0.4, -0.2) is 17.7 Å². The summed E-state index contributed by atoms with van der Waals surface area (Å²) in [5.41, 5.74) is 1.60. The van der Waals surface area contributed by atoms with Crippen LogP contribution in [0.1, 0.15) is 32.1 Å². The summed E-state index contributed by atoms with van der Waals surface area (Å²) in [4.78, 5) is 16.6. The fourth-order valence-electron chi connectivity index (χ4n) is 3.27. The van der Waals surface area contributed by atoms with Gasteiger partial charge in [0, 0.05) is 17.7 Å². The number of hydrogen-bond acceptors (Lipinski definition) is 5. The molecule has 0 saturated heterocycles. The number of nitrogens with one attached hydrogen (secondary N) is 2. The third-order valence-electron chi connectivity index (χ3n) is 4.65. The Morgan fingerprint density at radius 3 is 2.60 bits per heavy atom. The molecule has 130 valence electrons. The van der Waals surface area contributed by atoms with E-state index in [1.165, 1.54) is 6.42 Å². The van der Waals surface area contributed by atoms with Crippen molar-refractivity contribution in [1.82, 2.24) is 4.98 Å². The number of anilines is 3. The molecule has 0 spiro atoms. The standard InChI is InChI=1S/C19H21N3O3/c23-19(13-4-2-1-3-5-13)22-15-7-9-18(20-11-15)21-14-6-8-16-17(10-14)25-12-24-16/h6-11,13H,1-5,12H2,(H,20,21)(H,22,23). The smallest absolute Gasteiger partial charge is 0.231 e. The van der Waals surface area contributed by atoms with Crippen LogP contribution in [-0.2, 0) is 4.79 Å². The Labute approximate surface area is 146 Å². The summed E-state index contributed by atoms with van der Waals surface area (Å²) in [5, 5.41) is 6.19. The molecule has 2 heterocycles. The van der Waals surface area contributed by atoms with Crippen LogP contribution in [0.3, 0.4) is 0 Å². The van der Waals surface area contributed by atoms with Gasteiger partial charge in [-0.1, -0.05) is 19.3 Å². The van der Waals surface area contributed by atoms with E-state index in [1.807, 2.05) is 30.3 Å². The van der Waals surface area contributed by atoms with E-state index in [1.54, 1.807) is 6.20 Å². The molecule has 1 saturated carbocycles. The van der Waals surface area contributed by atoms with E-state index in [0.717, 1.165) is 48.6 Å². The zero-order valence-electron chi connectivity index (χ0n) is 14.0. The average Bonchev–Trinajstić information content (AvgIpc) is 3.12. The average molecular weight is 339 g/mol. The van der Waals surface area contributed by atoms with Crippen molar-refractivity contribution in [3.05, 3.63) is 36.5 Å². The van der Waals surface area contributed by atoms with Crippen molar-refractivity contribution in [2.45, 2.75) is 32.1 Å². The molecule has 1 aliphatic heterocycles. The lowest BCUT2D eigenvalue weighted by atomic mass is 9.88. The predicted molar refractivity (Wildman–Crippen MR) is 95.3 cm³/mol. The number of aromatic nitrogens is 1. The first-order valence-electron chi connectivity index (χ1n) is 8.71. The van der Waals surface area contributed by atoms with Gasteiger partial charge in [0.1, 0.15) is 5.82 Å². The Morgan fingerprint density at radius 1 is 1.00 bits per heavy atom. The number of carbonyl (C=O) groups excluding carboxylic acids is 1. The zero-order valence-corrected chi connectivity index (χ0v) is 14.0. The van der Waals surface area contributed by atoms with Crippen LogP contribution in [0.25, 0.3) is 0 Å². The third-order valence-corrected chi connectivity index (χ3v) is 4.65. The van der Waals surface area contributed by atoms with Crippen molar-refractivity contribution in [2.24, 2.45) is 5.92 Å². The van der Waals surface area contributed by atoms with Gasteiger partial charge in [-0.05, 0) is 37.1 Å². The van der Waals surface area contributed by atoms with Crippen molar-refractivity contribution in [1.29, 1.82) is 0 Å². The monoisotopic (exact) mass is 339 g/mol. The molecule has 1 fully saturated rings. The molecule has 1 aromatic heterocycles. The van der Waals surface area contributed by atoms with Crippen LogP contribution >= 0.6 is 0 Å². The van der Waals surface area contributed by atoms with Gasteiger partial charge >= 0.3 is 0 Å². The maximum atomic E-state index is 12.3. The van der Waals surface area contributed by atoms with Crippen LogP contribution in [0, 0.1) is 5.92 Å². The molecule has 1 aliphatic carbocycles. The number of hydrogen-bond donors (Lipinski definition) is 2. The van der Waals surface area contributed by atoms with Gasteiger partial charge in [0.2, 0.25) is 12.7 Å². The van der Waals surface area contributed by atoms with Crippen molar-refractivity contribution in [3.8, 4) is 11.5 Å². The minimum atomic E-state index is 0.109. The van der Waals surface area contributed by atoms with Crippen molar-refractivity contribution in [2.75, 3.05) is 17.4 Å². The molecule has 2 aromatic rings. The quantitative estimate of drug-likeness (QED) is 0.878. The SMILES string of the molecule is O=C(Nc1ccc(Nc2ccc3c(c2)OCO3)nc1)C1CCCCC1. The molecular formula is C19H21N3O3. The van der Waals surface area contributed by atoms with Gasteiger partial charge < -0.3 is 20.1 Å². The number of amides is 1. The van der Waals surface area contributed by atoms with E-state index < -0.39 is 0 Å². The summed E-state index contributed by atoms with van der Waals surface area (Å²) < 4.78 is 10.7. The molecule has 1 amide bonds. The first-order valence-corrected chi connectivity index (χ1v) is 8.71. The number of pyridine rings is 1. The summed E-state index contributed by atoms with van der Waals surface area (Å²) in [6.07, 6.45) is 7.19. The Kier molecular flexibility index (Phi) is 4.41. The number of carbonyl (C=O) groups is 1. The second-order valence-corrected chi connectivity index (χ2v) is 6.45. The molecule has 2 N–H and O–H groups in total. The molecule has 0 radical (unpaired) electrons. The number of rotatable bonds is 4. The van der Waals surface area contributed by atoms with Crippen LogP contribution < -0.4 is 20.1 Å². The maximum absolute atomic E-state index is 12.3. The summed E-state index contributed by atoms with van der Waals surface area (Å²) in [6, 6.07) is 9.37. The molecule has 4 rings (SSSR count). The van der Waals surface area contributed by atoms with Crippen LogP contribution in [0.5, 0.6) is 11.5 Å². The topological polar surface area (TPSA) is 72.5 Å². The molecule has 1 aromatic carbocycles. The predicted octanol–water partition coefficient (Wildman–Crippen LogP) is 4.07. The Hall–Kier alpha value is -2.76. The maximum Gasteiger partial charge on any atom is 0.231 e. The van der Waals surface area contributed by atoms with Crippen molar-refractivity contribution < 1.29 is 14.3 Å². The highest BCUT2D eigenvalue weighted by molar-refractivity contribution is 5.92. The van der Waals surface area contributed by atoms with Gasteiger partial charge in [-0.25, -0.2) is 4.98 Å². The highest BCUT2D eigenvalue weighted by Crippen LogP contribution is 2.35. The minimum Gasteiger partial charge on any atom is -0.454 e. The van der Waals surface area contributed by atoms with Gasteiger partial charge in [-0.2, -0.15) is 0 Å². The van der Waals surface area contributed by atoms with E-state index in [4.69, 9.17) is 9.47 Å². The molecule has 25 heavy (non-hydrogen) atoms. The van der Waals surface area contributed by atoms with E-state index in [-0.39, 0.29) is 18.6 Å². The molecule has 0 atom stereocenters. The first kappa shape index (κ1) is 15.7. The molecule has 6 heteroatoms. The highest BCUT2D eigenvalue weighted by Gasteiger charge is 2.21. The Bertz CT molecular complexity index is 755. The Morgan fingerprint density at radius 2 is 1.80 bits per heavy atom. The normalized spacial score (nSPS) is 16.5. The van der Waals surface area contributed by atoms with Gasteiger partial charge in [0.05, 0.1) is 11.9 Å². The number of nitrogens with zero attached hydrogens (tertiary/aromatic N) is 1. The summed E-state index contributed by atoms with van der Waals surface area (Å²) in [5.74, 6) is 2.42. The van der Waals surface area contributed by atoms with Crippen LogP contribution in [0.15, 0.2) is 36.5 Å². The number of benzene rings is 1. The second-order valence-electron chi connectivity index (χ2n) is 6.45. The lowest BCUT2D eigenvalue weighted by molar-refractivity contribution is -0.120. The van der Waals surface area contributed by atoms with Gasteiger partial charge in [0.25, 0.3) is 0 Å². The highest BCUT2D eigenvalue weighted by atomic mass is 16.7. The zero-order chi connectivity index (χ0) is 17.1. The van der Waals surface area contributed by atoms with E-state index in [2.05, 4.69) is 15.6 Å². The first-order chi connectivity index (χ1) is 12.3. The molecule has 0 unspecified atom stereocenters. The molecule has 2 aliphatic rings. The molecule has 0 bridgehead atoms. The van der Waals surface area contributed by atoms with Crippen LogP contribution in [0.4, 0.5) is 17.2 Å². The Balaban J connectivity index is 1.37. The third kappa shape index (κ3) is 3.68. The summed E-state index contributed by atoms with van der Waals surface area (Å²) >= 11 is 0. The molecule has 6 nitrogen and oxygen atoms in total. The summed E-state index contributed by atoms with van der Waals surface area (Å²) in [6.45, 7) is 0.256. The molecular weight excluding hydrogens is 318 g/mol. The summed E-state index contributed by atoms with van der Waals surface area (Å²) in [7, 11) is 0. The van der Waals surface area contributed by atoms with E-state index >= 15 is 0 Å². The van der Waals surface area contributed by atoms with Gasteiger partial charge in [-0.15, -0.1) is 0 Å². The number of fused-ring (bicyclic) bond motifs is 1. The second kappa shape index (κ2) is 7.01. The van der Waals surface area contributed by atoms with Gasteiger partial charge in [-0.3, -0.25) is 4.79 Å². The van der Waals surface area contributed by atoms with Crippen molar-refractivity contribution in [3.63, 3.8) is 0 Å². The lowest BCUT2D eigenvalue weighted by Crippen LogP contribution is -2.24. The minimum absolute atomic E-state index is 0.109. The lowest BCUT2D eigenvalue weighted by Gasteiger charge is -2.20. The van der Waals surface area contributed by atoms with Gasteiger partial charge in [0.15, 0.2) is 11.5 Å². The van der Waals surface area contributed by atoms with E-state index in [0.29, 0.717) is 5.82 Å². The number of ether oxygens (including phenoxy) is 2. The fourth-order valence-corrected chi connectivity index (χ4v) is 3.27. The largest absolute Gasteiger partial charge is 0.454 e.